The number of hydrogen-bond acceptors (Lipinski definition) is 6. The molecule has 0 bridgehead atoms. The SMILES string of the molecule is CC(C)n1cc(C2CC2)c(=O)c2ccc(-c3nc(N[C@@H]4CCOC[C@H]4O)ncc3F)cc21. The normalized spacial score (nSPS) is 21.3. The largest absolute Gasteiger partial charge is 0.389 e. The molecule has 3 aromatic rings. The highest BCUT2D eigenvalue weighted by Gasteiger charge is 2.28. The average Bonchev–Trinajstić information content (AvgIpc) is 3.62. The molecular formula is C24H27FN4O3. The second kappa shape index (κ2) is 8.26. The molecule has 2 atom stereocenters. The lowest BCUT2D eigenvalue weighted by atomic mass is 10.0. The number of nitrogens with one attached hydrogen (secondary N) is 1. The molecule has 0 amide bonds. The lowest BCUT2D eigenvalue weighted by molar-refractivity contribution is -0.0136. The second-order valence-electron chi connectivity index (χ2n) is 8.99. The average molecular weight is 439 g/mol. The topological polar surface area (TPSA) is 89.3 Å². The van der Waals surface area contributed by atoms with Crippen LogP contribution < -0.4 is 10.7 Å². The quantitative estimate of drug-likeness (QED) is 0.633. The van der Waals surface area contributed by atoms with Gasteiger partial charge >= 0.3 is 0 Å². The summed E-state index contributed by atoms with van der Waals surface area (Å²) in [5.74, 6) is 0.0540. The first-order chi connectivity index (χ1) is 15.4. The van der Waals surface area contributed by atoms with Crippen molar-refractivity contribution in [2.45, 2.75) is 57.2 Å². The number of aliphatic hydroxyl groups is 1. The van der Waals surface area contributed by atoms with Crippen LogP contribution in [0.5, 0.6) is 0 Å². The van der Waals surface area contributed by atoms with Gasteiger partial charge in [0.2, 0.25) is 5.95 Å². The van der Waals surface area contributed by atoms with Gasteiger partial charge in [-0.25, -0.2) is 14.4 Å². The summed E-state index contributed by atoms with van der Waals surface area (Å²) in [5.41, 5.74) is 2.42. The van der Waals surface area contributed by atoms with E-state index in [-0.39, 0.29) is 35.8 Å². The Morgan fingerprint density at radius 1 is 1.28 bits per heavy atom. The van der Waals surface area contributed by atoms with Crippen LogP contribution in [0.25, 0.3) is 22.2 Å². The van der Waals surface area contributed by atoms with E-state index in [0.717, 1.165) is 30.1 Å². The molecule has 0 spiro atoms. The number of rotatable bonds is 5. The van der Waals surface area contributed by atoms with E-state index in [2.05, 4.69) is 33.7 Å². The minimum absolute atomic E-state index is 0.0602. The molecule has 2 aromatic heterocycles. The molecule has 1 saturated carbocycles. The maximum Gasteiger partial charge on any atom is 0.223 e. The Bertz CT molecular complexity index is 1220. The summed E-state index contributed by atoms with van der Waals surface area (Å²) in [7, 11) is 0. The summed E-state index contributed by atoms with van der Waals surface area (Å²) in [6.45, 7) is 4.91. The van der Waals surface area contributed by atoms with E-state index >= 15 is 0 Å². The number of halogens is 1. The monoisotopic (exact) mass is 438 g/mol. The minimum Gasteiger partial charge on any atom is -0.389 e. The second-order valence-corrected chi connectivity index (χ2v) is 8.99. The highest BCUT2D eigenvalue weighted by molar-refractivity contribution is 5.85. The number of aliphatic hydroxyl groups excluding tert-OH is 1. The van der Waals surface area contributed by atoms with Crippen LogP contribution in [0.2, 0.25) is 0 Å². The number of pyridine rings is 1. The molecule has 1 saturated heterocycles. The first-order valence-electron chi connectivity index (χ1n) is 11.2. The van der Waals surface area contributed by atoms with Crippen molar-refractivity contribution in [1.82, 2.24) is 14.5 Å². The summed E-state index contributed by atoms with van der Waals surface area (Å²) < 4.78 is 22.1. The lowest BCUT2D eigenvalue weighted by Crippen LogP contribution is -2.42. The van der Waals surface area contributed by atoms with Gasteiger partial charge in [-0.3, -0.25) is 4.79 Å². The number of ether oxygens (including phenoxy) is 1. The molecule has 2 N–H and O–H groups in total. The van der Waals surface area contributed by atoms with Crippen molar-refractivity contribution >= 4 is 16.9 Å². The molecular weight excluding hydrogens is 411 g/mol. The van der Waals surface area contributed by atoms with Gasteiger partial charge in [0.25, 0.3) is 0 Å². The summed E-state index contributed by atoms with van der Waals surface area (Å²) in [5, 5.41) is 13.9. The number of benzene rings is 1. The molecule has 1 aliphatic heterocycles. The Hall–Kier alpha value is -2.84. The Balaban J connectivity index is 1.56. The molecule has 0 radical (unpaired) electrons. The van der Waals surface area contributed by atoms with Crippen LogP contribution in [-0.2, 0) is 4.74 Å². The molecule has 32 heavy (non-hydrogen) atoms. The van der Waals surface area contributed by atoms with E-state index in [4.69, 9.17) is 4.74 Å². The third kappa shape index (κ3) is 3.89. The maximum absolute atomic E-state index is 14.7. The molecule has 2 aliphatic rings. The molecule has 5 rings (SSSR count). The molecule has 1 aromatic carbocycles. The van der Waals surface area contributed by atoms with E-state index in [0.29, 0.717) is 29.9 Å². The zero-order valence-corrected chi connectivity index (χ0v) is 18.2. The van der Waals surface area contributed by atoms with Crippen LogP contribution >= 0.6 is 0 Å². The van der Waals surface area contributed by atoms with Crippen LogP contribution in [0, 0.1) is 5.82 Å². The van der Waals surface area contributed by atoms with E-state index in [1.165, 1.54) is 0 Å². The number of fused-ring (bicyclic) bond motifs is 1. The molecule has 3 heterocycles. The Morgan fingerprint density at radius 2 is 2.09 bits per heavy atom. The van der Waals surface area contributed by atoms with Crippen LogP contribution in [0.4, 0.5) is 10.3 Å². The van der Waals surface area contributed by atoms with Crippen molar-refractivity contribution in [2.24, 2.45) is 0 Å². The van der Waals surface area contributed by atoms with E-state index in [1.54, 1.807) is 12.1 Å². The molecule has 0 unspecified atom stereocenters. The van der Waals surface area contributed by atoms with E-state index in [9.17, 15) is 14.3 Å². The van der Waals surface area contributed by atoms with Crippen LogP contribution in [-0.4, -0.2) is 45.0 Å². The predicted molar refractivity (Wildman–Crippen MR) is 120 cm³/mol. The zero-order chi connectivity index (χ0) is 22.4. The van der Waals surface area contributed by atoms with Crippen LogP contribution in [0.15, 0.2) is 35.4 Å². The van der Waals surface area contributed by atoms with Gasteiger partial charge in [-0.05, 0) is 51.2 Å². The van der Waals surface area contributed by atoms with Crippen molar-refractivity contribution < 1.29 is 14.2 Å². The standard InChI is InChI=1S/C24H27FN4O3/c1-13(2)29-11-17(14-3-4-14)23(31)16-6-5-15(9-20(16)29)22-18(25)10-26-24(28-22)27-19-7-8-32-12-21(19)30/h5-6,9-11,13-14,19,21,30H,3-4,7-8,12H2,1-2H3,(H,26,27,28)/t19-,21-/m1/s1. The number of hydrogen-bond donors (Lipinski definition) is 2. The van der Waals surface area contributed by atoms with Gasteiger partial charge in [0.05, 0.1) is 30.5 Å². The smallest absolute Gasteiger partial charge is 0.223 e. The summed E-state index contributed by atoms with van der Waals surface area (Å²) in [6, 6.07) is 5.23. The van der Waals surface area contributed by atoms with Gasteiger partial charge < -0.3 is 19.7 Å². The van der Waals surface area contributed by atoms with Crippen molar-refractivity contribution in [3.8, 4) is 11.3 Å². The molecule has 1 aliphatic carbocycles. The highest BCUT2D eigenvalue weighted by Crippen LogP contribution is 2.39. The first-order valence-corrected chi connectivity index (χ1v) is 11.2. The van der Waals surface area contributed by atoms with Crippen molar-refractivity contribution in [3.05, 3.63) is 52.2 Å². The van der Waals surface area contributed by atoms with Crippen LogP contribution in [0.1, 0.15) is 50.6 Å². The maximum atomic E-state index is 14.7. The van der Waals surface area contributed by atoms with E-state index in [1.807, 2.05) is 12.3 Å². The summed E-state index contributed by atoms with van der Waals surface area (Å²) >= 11 is 0. The fraction of sp³-hybridized carbons (Fsp3) is 0.458. The van der Waals surface area contributed by atoms with Crippen molar-refractivity contribution in [2.75, 3.05) is 18.5 Å². The Labute approximate surface area is 185 Å². The van der Waals surface area contributed by atoms with Crippen molar-refractivity contribution in [1.29, 1.82) is 0 Å². The number of aromatic nitrogens is 3. The predicted octanol–water partition coefficient (Wildman–Crippen LogP) is 3.62. The first kappa shape index (κ1) is 21.0. The summed E-state index contributed by atoms with van der Waals surface area (Å²) in [6.07, 6.45) is 5.14. The number of anilines is 1. The molecule has 168 valence electrons. The third-order valence-electron chi connectivity index (χ3n) is 6.29. The van der Waals surface area contributed by atoms with E-state index < -0.39 is 11.9 Å². The zero-order valence-electron chi connectivity index (χ0n) is 18.2. The van der Waals surface area contributed by atoms with Gasteiger partial charge in [0.1, 0.15) is 5.69 Å². The van der Waals surface area contributed by atoms with Gasteiger partial charge in [0.15, 0.2) is 11.2 Å². The third-order valence-corrected chi connectivity index (χ3v) is 6.29. The van der Waals surface area contributed by atoms with Gasteiger partial charge in [-0.2, -0.15) is 0 Å². The fourth-order valence-electron chi connectivity index (χ4n) is 4.33. The Morgan fingerprint density at radius 3 is 2.81 bits per heavy atom. The van der Waals surface area contributed by atoms with Gasteiger partial charge in [0, 0.05) is 35.4 Å². The number of nitrogens with zero attached hydrogens (tertiary/aromatic N) is 3. The van der Waals surface area contributed by atoms with Crippen LogP contribution in [0.3, 0.4) is 0 Å². The lowest BCUT2D eigenvalue weighted by Gasteiger charge is -2.28. The van der Waals surface area contributed by atoms with Gasteiger partial charge in [-0.15, -0.1) is 0 Å². The fourth-order valence-corrected chi connectivity index (χ4v) is 4.33. The highest BCUT2D eigenvalue weighted by atomic mass is 19.1. The molecule has 2 fully saturated rings. The Kier molecular flexibility index (Phi) is 5.43. The molecule has 7 nitrogen and oxygen atoms in total. The van der Waals surface area contributed by atoms with Gasteiger partial charge in [-0.1, -0.05) is 6.07 Å². The minimum atomic E-state index is -0.678. The van der Waals surface area contributed by atoms with Crippen molar-refractivity contribution in [3.63, 3.8) is 0 Å². The summed E-state index contributed by atoms with van der Waals surface area (Å²) in [4.78, 5) is 21.5. The molecule has 8 heteroatoms.